The number of nitrogens with zero attached hydrogens (tertiary/aromatic N) is 1. The highest BCUT2D eigenvalue weighted by Gasteiger charge is 1.87. The first-order valence-corrected chi connectivity index (χ1v) is 2.18. The van der Waals surface area contributed by atoms with Crippen molar-refractivity contribution >= 4 is 0 Å². The van der Waals surface area contributed by atoms with E-state index in [0.717, 1.165) is 11.7 Å². The topological polar surface area (TPSA) is 61.0 Å². The summed E-state index contributed by atoms with van der Waals surface area (Å²) in [6.07, 6.45) is 1.70. The second kappa shape index (κ2) is 2.47. The van der Waals surface area contributed by atoms with Crippen LogP contribution >= 0.6 is 0 Å². The minimum absolute atomic E-state index is 0. The van der Waals surface area contributed by atoms with Gasteiger partial charge in [-0.25, -0.2) is 4.98 Å². The second-order valence-electron chi connectivity index (χ2n) is 1.49. The number of aromatic nitrogens is 1. The van der Waals surface area contributed by atoms with E-state index in [4.69, 9.17) is 4.42 Å². The summed E-state index contributed by atoms with van der Waals surface area (Å²) >= 11 is 0. The molecule has 1 aromatic rings. The van der Waals surface area contributed by atoms with Gasteiger partial charge in [0.1, 0.15) is 5.76 Å². The molecule has 0 bridgehead atoms. The molecule has 0 saturated heterocycles. The van der Waals surface area contributed by atoms with Crippen molar-refractivity contribution in [3.8, 4) is 0 Å². The van der Waals surface area contributed by atoms with Gasteiger partial charge in [0.15, 0.2) is 5.89 Å². The van der Waals surface area contributed by atoms with Crippen LogP contribution in [0.3, 0.4) is 0 Å². The molecule has 0 aliphatic rings. The van der Waals surface area contributed by atoms with Gasteiger partial charge in [0.2, 0.25) is 0 Å². The van der Waals surface area contributed by atoms with Crippen LogP contribution in [-0.2, 0) is 0 Å². The summed E-state index contributed by atoms with van der Waals surface area (Å²) in [4.78, 5) is 3.85. The monoisotopic (exact) mass is 114 g/mol. The van der Waals surface area contributed by atoms with E-state index in [0.29, 0.717) is 0 Å². The van der Waals surface area contributed by atoms with E-state index in [2.05, 4.69) is 4.98 Å². The molecule has 3 nitrogen and oxygen atoms in total. The lowest BCUT2D eigenvalue weighted by Crippen LogP contribution is -1.59. The number of oxazole rings is 1. The molecule has 3 N–H and O–H groups in total. The van der Waals surface area contributed by atoms with Crippen molar-refractivity contribution in [2.45, 2.75) is 13.8 Å². The predicted molar refractivity (Wildman–Crippen MR) is 31.0 cm³/mol. The van der Waals surface area contributed by atoms with Crippen LogP contribution in [0, 0.1) is 13.8 Å². The molecule has 3 heteroatoms. The summed E-state index contributed by atoms with van der Waals surface area (Å²) in [7, 11) is 0. The highest BCUT2D eigenvalue weighted by atomic mass is 16.3. The van der Waals surface area contributed by atoms with Crippen LogP contribution in [-0.4, -0.2) is 4.98 Å². The maximum absolute atomic E-state index is 4.97. The van der Waals surface area contributed by atoms with Gasteiger partial charge >= 0.3 is 0 Å². The van der Waals surface area contributed by atoms with E-state index in [9.17, 15) is 0 Å². The van der Waals surface area contributed by atoms with E-state index >= 15 is 0 Å². The normalized spacial score (nSPS) is 8.25. The van der Waals surface area contributed by atoms with Gasteiger partial charge in [-0.15, -0.1) is 0 Å². The number of rotatable bonds is 0. The quantitative estimate of drug-likeness (QED) is 0.555. The minimum Gasteiger partial charge on any atom is -0.446 e. The van der Waals surface area contributed by atoms with Gasteiger partial charge in [-0.2, -0.15) is 0 Å². The van der Waals surface area contributed by atoms with Crippen molar-refractivity contribution in [1.29, 1.82) is 0 Å². The molecule has 0 radical (unpaired) electrons. The molecule has 46 valence electrons. The van der Waals surface area contributed by atoms with Crippen LogP contribution in [0.15, 0.2) is 10.6 Å². The van der Waals surface area contributed by atoms with Gasteiger partial charge < -0.3 is 10.6 Å². The Balaban J connectivity index is 0.000000490. The van der Waals surface area contributed by atoms with Crippen LogP contribution < -0.4 is 6.15 Å². The molecule has 1 heterocycles. The maximum atomic E-state index is 4.97. The van der Waals surface area contributed by atoms with Gasteiger partial charge in [0.25, 0.3) is 0 Å². The molecule has 0 fully saturated rings. The number of hydrogen-bond donors (Lipinski definition) is 1. The Kier molecular flexibility index (Phi) is 2.21. The zero-order valence-corrected chi connectivity index (χ0v) is 5.14. The third-order valence-electron chi connectivity index (χ3n) is 0.737. The zero-order chi connectivity index (χ0) is 5.28. The molecule has 0 unspecified atom stereocenters. The fraction of sp³-hybridized carbons (Fsp3) is 0.400. The Morgan fingerprint density at radius 1 is 1.50 bits per heavy atom. The van der Waals surface area contributed by atoms with Gasteiger partial charge in [0, 0.05) is 6.92 Å². The molecule has 0 saturated carbocycles. The summed E-state index contributed by atoms with van der Waals surface area (Å²) < 4.78 is 4.97. The van der Waals surface area contributed by atoms with Crippen molar-refractivity contribution in [2.75, 3.05) is 0 Å². The lowest BCUT2D eigenvalue weighted by molar-refractivity contribution is 0.494. The molecular weight excluding hydrogens is 104 g/mol. The number of aryl methyl sites for hydroxylation is 2. The molecule has 1 aromatic heterocycles. The zero-order valence-electron chi connectivity index (χ0n) is 5.14. The van der Waals surface area contributed by atoms with Crippen LogP contribution in [0.2, 0.25) is 0 Å². The molecular formula is C5H10N2O. The molecule has 0 atom stereocenters. The fourth-order valence-corrected chi connectivity index (χ4v) is 0.467. The summed E-state index contributed by atoms with van der Waals surface area (Å²) in [5.74, 6) is 1.61. The number of hydrogen-bond acceptors (Lipinski definition) is 3. The van der Waals surface area contributed by atoms with Crippen LogP contribution in [0.5, 0.6) is 0 Å². The first-order chi connectivity index (χ1) is 3.29. The molecule has 0 aliphatic heterocycles. The van der Waals surface area contributed by atoms with Crippen molar-refractivity contribution in [3.63, 3.8) is 0 Å². The Bertz CT molecular complexity index is 143. The minimum atomic E-state index is 0. The van der Waals surface area contributed by atoms with Gasteiger partial charge in [-0.3, -0.25) is 0 Å². The Morgan fingerprint density at radius 2 is 2.12 bits per heavy atom. The third-order valence-corrected chi connectivity index (χ3v) is 0.737. The van der Waals surface area contributed by atoms with Crippen molar-refractivity contribution < 1.29 is 4.42 Å². The second-order valence-corrected chi connectivity index (χ2v) is 1.49. The lowest BCUT2D eigenvalue weighted by atomic mass is 10.6. The Labute approximate surface area is 48.3 Å². The summed E-state index contributed by atoms with van der Waals surface area (Å²) in [6.45, 7) is 3.70. The van der Waals surface area contributed by atoms with Gasteiger partial charge in [0.05, 0.1) is 6.20 Å². The standard InChI is InChI=1S/C5H7NO.H3N/c1-4-3-6-5(2)7-4;/h3H,1-2H3;1H3. The van der Waals surface area contributed by atoms with E-state index in [1.54, 1.807) is 6.20 Å². The summed E-state index contributed by atoms with van der Waals surface area (Å²) in [5.41, 5.74) is 0. The van der Waals surface area contributed by atoms with Crippen LogP contribution in [0.4, 0.5) is 0 Å². The molecule has 8 heavy (non-hydrogen) atoms. The highest BCUT2D eigenvalue weighted by molar-refractivity contribution is 4.87. The van der Waals surface area contributed by atoms with Gasteiger partial charge in [-0.1, -0.05) is 0 Å². The molecule has 0 spiro atoms. The summed E-state index contributed by atoms with van der Waals surface area (Å²) in [5, 5.41) is 0. The molecule has 0 amide bonds. The Hall–Kier alpha value is -0.830. The maximum Gasteiger partial charge on any atom is 0.191 e. The fourth-order valence-electron chi connectivity index (χ4n) is 0.467. The van der Waals surface area contributed by atoms with E-state index in [-0.39, 0.29) is 6.15 Å². The highest BCUT2D eigenvalue weighted by Crippen LogP contribution is 1.96. The SMILES string of the molecule is Cc1cnc(C)o1.N. The molecule has 0 aromatic carbocycles. The average Bonchev–Trinajstić information content (AvgIpc) is 1.87. The summed E-state index contributed by atoms with van der Waals surface area (Å²) in [6, 6.07) is 0. The van der Waals surface area contributed by atoms with E-state index < -0.39 is 0 Å². The van der Waals surface area contributed by atoms with Crippen LogP contribution in [0.1, 0.15) is 11.7 Å². The van der Waals surface area contributed by atoms with Gasteiger partial charge in [-0.05, 0) is 6.92 Å². The third kappa shape index (κ3) is 1.35. The average molecular weight is 114 g/mol. The molecule has 1 rings (SSSR count). The van der Waals surface area contributed by atoms with Crippen molar-refractivity contribution in [1.82, 2.24) is 11.1 Å². The molecule has 0 aliphatic carbocycles. The predicted octanol–water partition coefficient (Wildman–Crippen LogP) is 1.45. The van der Waals surface area contributed by atoms with Crippen LogP contribution in [0.25, 0.3) is 0 Å². The Morgan fingerprint density at radius 3 is 2.25 bits per heavy atom. The smallest absolute Gasteiger partial charge is 0.191 e. The van der Waals surface area contributed by atoms with Crippen molar-refractivity contribution in [2.24, 2.45) is 0 Å². The lowest BCUT2D eigenvalue weighted by Gasteiger charge is -1.73. The van der Waals surface area contributed by atoms with E-state index in [1.165, 1.54) is 0 Å². The van der Waals surface area contributed by atoms with Crippen molar-refractivity contribution in [3.05, 3.63) is 17.8 Å². The van der Waals surface area contributed by atoms with E-state index in [1.807, 2.05) is 13.8 Å². The first-order valence-electron chi connectivity index (χ1n) is 2.18. The first kappa shape index (κ1) is 7.17. The largest absolute Gasteiger partial charge is 0.446 e.